The fourth-order valence-electron chi connectivity index (χ4n) is 3.29. The Morgan fingerprint density at radius 3 is 2.16 bits per heavy atom. The molecule has 1 aromatic rings. The van der Waals surface area contributed by atoms with Crippen LogP contribution in [0.15, 0.2) is 6.07 Å². The summed E-state index contributed by atoms with van der Waals surface area (Å²) in [5.41, 5.74) is 6.07. The quantitative estimate of drug-likeness (QED) is 0.817. The van der Waals surface area contributed by atoms with Crippen molar-refractivity contribution in [3.8, 4) is 0 Å². The summed E-state index contributed by atoms with van der Waals surface area (Å²) in [7, 11) is 0. The molecule has 0 bridgehead atoms. The topological polar surface area (TPSA) is 66.4 Å². The lowest BCUT2D eigenvalue weighted by atomic mass is 9.98. The summed E-state index contributed by atoms with van der Waals surface area (Å²) in [6.07, 6.45) is 5.92. The second-order valence-electron chi connectivity index (χ2n) is 5.35. The Morgan fingerprint density at radius 2 is 1.63 bits per heavy atom. The van der Waals surface area contributed by atoms with Gasteiger partial charge in [-0.1, -0.05) is 6.07 Å². The Morgan fingerprint density at radius 1 is 1.05 bits per heavy atom. The second kappa shape index (κ2) is 4.68. The van der Waals surface area contributed by atoms with Gasteiger partial charge in [0.2, 0.25) is 5.91 Å². The van der Waals surface area contributed by atoms with Crippen LogP contribution < -0.4 is 5.32 Å². The summed E-state index contributed by atoms with van der Waals surface area (Å²) in [6.45, 7) is 0. The molecule has 0 saturated heterocycles. The molecule has 1 aromatic carbocycles. The third-order valence-corrected chi connectivity index (χ3v) is 4.05. The number of hydrogen-bond donors (Lipinski definition) is 2. The smallest absolute Gasteiger partial charge is 0.312 e. The Kier molecular flexibility index (Phi) is 3.01. The number of fused-ring (bicyclic) bond motifs is 2. The molecule has 4 heteroatoms. The first-order valence-corrected chi connectivity index (χ1v) is 6.83. The molecule has 0 spiro atoms. The zero-order valence-electron chi connectivity index (χ0n) is 10.8. The van der Waals surface area contributed by atoms with Crippen molar-refractivity contribution in [2.75, 3.05) is 5.32 Å². The first-order valence-electron chi connectivity index (χ1n) is 6.83. The van der Waals surface area contributed by atoms with E-state index < -0.39 is 18.3 Å². The minimum Gasteiger partial charge on any atom is -0.481 e. The van der Waals surface area contributed by atoms with Crippen molar-refractivity contribution < 1.29 is 14.7 Å². The standard InChI is InChI=1S/C15H17NO3/c17-13(8-14(18)19)16-15-11-5-1-3-9(11)7-10-4-2-6-12(10)15/h7H,1-6,8H2,(H,16,17)(H,18,19). The molecule has 0 aliphatic heterocycles. The minimum atomic E-state index is -1.08. The van der Waals surface area contributed by atoms with Crippen molar-refractivity contribution in [3.63, 3.8) is 0 Å². The maximum Gasteiger partial charge on any atom is 0.312 e. The number of carboxylic acids is 1. The zero-order valence-corrected chi connectivity index (χ0v) is 10.8. The molecule has 19 heavy (non-hydrogen) atoms. The fraction of sp³-hybridized carbons (Fsp3) is 0.467. The molecule has 0 aromatic heterocycles. The lowest BCUT2D eigenvalue weighted by Gasteiger charge is -2.15. The van der Waals surface area contributed by atoms with Crippen LogP contribution in [0.1, 0.15) is 41.5 Å². The van der Waals surface area contributed by atoms with Gasteiger partial charge < -0.3 is 10.4 Å². The zero-order chi connectivity index (χ0) is 13.4. The molecule has 0 saturated carbocycles. The second-order valence-corrected chi connectivity index (χ2v) is 5.35. The van der Waals surface area contributed by atoms with Crippen molar-refractivity contribution in [2.24, 2.45) is 0 Å². The van der Waals surface area contributed by atoms with Gasteiger partial charge in [0, 0.05) is 5.69 Å². The predicted octanol–water partition coefficient (Wildman–Crippen LogP) is 2.08. The number of anilines is 1. The van der Waals surface area contributed by atoms with Crippen molar-refractivity contribution >= 4 is 17.6 Å². The van der Waals surface area contributed by atoms with Gasteiger partial charge in [-0.3, -0.25) is 9.59 Å². The van der Waals surface area contributed by atoms with E-state index in [-0.39, 0.29) is 0 Å². The van der Waals surface area contributed by atoms with Crippen LogP contribution in [0.2, 0.25) is 0 Å². The summed E-state index contributed by atoms with van der Waals surface area (Å²) < 4.78 is 0. The Labute approximate surface area is 111 Å². The molecule has 0 atom stereocenters. The van der Waals surface area contributed by atoms with Crippen LogP contribution in [0.4, 0.5) is 5.69 Å². The number of aryl methyl sites for hydroxylation is 2. The summed E-state index contributed by atoms with van der Waals surface area (Å²) in [6, 6.07) is 2.29. The number of hydrogen-bond acceptors (Lipinski definition) is 2. The van der Waals surface area contributed by atoms with Crippen molar-refractivity contribution in [2.45, 2.75) is 44.9 Å². The van der Waals surface area contributed by atoms with E-state index in [1.165, 1.54) is 22.3 Å². The van der Waals surface area contributed by atoms with Crippen molar-refractivity contribution in [3.05, 3.63) is 28.3 Å². The van der Waals surface area contributed by atoms with E-state index in [0.29, 0.717) is 0 Å². The first-order chi connectivity index (χ1) is 9.15. The minimum absolute atomic E-state index is 0.415. The number of carbonyl (C=O) groups is 2. The molecular weight excluding hydrogens is 242 g/mol. The Balaban J connectivity index is 1.96. The van der Waals surface area contributed by atoms with E-state index in [1.807, 2.05) is 0 Å². The van der Waals surface area contributed by atoms with E-state index in [1.54, 1.807) is 0 Å². The van der Waals surface area contributed by atoms with Crippen molar-refractivity contribution in [1.82, 2.24) is 0 Å². The molecule has 3 rings (SSSR count). The number of carboxylic acid groups (broad SMARTS) is 1. The highest BCUT2D eigenvalue weighted by Crippen LogP contribution is 2.38. The van der Waals surface area contributed by atoms with Crippen LogP contribution in [0.25, 0.3) is 0 Å². The number of aliphatic carboxylic acids is 1. The molecular formula is C15H17NO3. The monoisotopic (exact) mass is 259 g/mol. The third-order valence-electron chi connectivity index (χ3n) is 4.05. The summed E-state index contributed by atoms with van der Waals surface area (Å²) in [5, 5.41) is 11.5. The SMILES string of the molecule is O=C(O)CC(=O)Nc1c2c(cc3c1CCC3)CCC2. The number of benzene rings is 1. The van der Waals surface area contributed by atoms with Gasteiger partial charge in [0.15, 0.2) is 0 Å². The van der Waals surface area contributed by atoms with Crippen LogP contribution in [-0.4, -0.2) is 17.0 Å². The largest absolute Gasteiger partial charge is 0.481 e. The number of rotatable bonds is 3. The third kappa shape index (κ3) is 2.23. The molecule has 0 radical (unpaired) electrons. The molecule has 2 aliphatic carbocycles. The number of carbonyl (C=O) groups excluding carboxylic acids is 1. The molecule has 2 aliphatic rings. The molecule has 0 heterocycles. The van der Waals surface area contributed by atoms with Crippen LogP contribution in [0.3, 0.4) is 0 Å². The van der Waals surface area contributed by atoms with Gasteiger partial charge in [0.1, 0.15) is 6.42 Å². The van der Waals surface area contributed by atoms with E-state index in [0.717, 1.165) is 44.2 Å². The van der Waals surface area contributed by atoms with Crippen LogP contribution in [0.5, 0.6) is 0 Å². The molecule has 4 nitrogen and oxygen atoms in total. The summed E-state index contributed by atoms with van der Waals surface area (Å²) in [5.74, 6) is -1.50. The fourth-order valence-corrected chi connectivity index (χ4v) is 3.29. The molecule has 0 unspecified atom stereocenters. The molecule has 100 valence electrons. The van der Waals surface area contributed by atoms with Gasteiger partial charge in [-0.25, -0.2) is 0 Å². The van der Waals surface area contributed by atoms with Gasteiger partial charge in [0.05, 0.1) is 0 Å². The van der Waals surface area contributed by atoms with E-state index in [4.69, 9.17) is 5.11 Å². The highest BCUT2D eigenvalue weighted by atomic mass is 16.4. The number of amides is 1. The highest BCUT2D eigenvalue weighted by Gasteiger charge is 2.25. The maximum atomic E-state index is 11.7. The highest BCUT2D eigenvalue weighted by molar-refractivity contribution is 6.02. The summed E-state index contributed by atoms with van der Waals surface area (Å²) in [4.78, 5) is 22.3. The first kappa shape index (κ1) is 12.2. The van der Waals surface area contributed by atoms with Gasteiger partial charge in [-0.05, 0) is 60.8 Å². The average Bonchev–Trinajstić information content (AvgIpc) is 2.94. The van der Waals surface area contributed by atoms with Gasteiger partial charge in [0.25, 0.3) is 0 Å². The van der Waals surface area contributed by atoms with Crippen LogP contribution in [0, 0.1) is 0 Å². The van der Waals surface area contributed by atoms with E-state index in [9.17, 15) is 9.59 Å². The summed E-state index contributed by atoms with van der Waals surface area (Å²) >= 11 is 0. The van der Waals surface area contributed by atoms with E-state index >= 15 is 0 Å². The van der Waals surface area contributed by atoms with Crippen LogP contribution in [-0.2, 0) is 35.3 Å². The number of nitrogens with one attached hydrogen (secondary N) is 1. The maximum absolute atomic E-state index is 11.7. The van der Waals surface area contributed by atoms with Gasteiger partial charge in [-0.15, -0.1) is 0 Å². The van der Waals surface area contributed by atoms with Crippen LogP contribution >= 0.6 is 0 Å². The Bertz CT molecular complexity index is 531. The van der Waals surface area contributed by atoms with Gasteiger partial charge >= 0.3 is 5.97 Å². The predicted molar refractivity (Wildman–Crippen MR) is 71.4 cm³/mol. The van der Waals surface area contributed by atoms with Crippen molar-refractivity contribution in [1.29, 1.82) is 0 Å². The Hall–Kier alpha value is -1.84. The lowest BCUT2D eigenvalue weighted by Crippen LogP contribution is -2.18. The molecule has 1 amide bonds. The van der Waals surface area contributed by atoms with Gasteiger partial charge in [-0.2, -0.15) is 0 Å². The lowest BCUT2D eigenvalue weighted by molar-refractivity contribution is -0.139. The normalized spacial score (nSPS) is 16.0. The molecule has 2 N–H and O–H groups in total. The average molecular weight is 259 g/mol. The molecule has 0 fully saturated rings. The van der Waals surface area contributed by atoms with E-state index in [2.05, 4.69) is 11.4 Å².